The molecule has 3 atom stereocenters. The fourth-order valence-corrected chi connectivity index (χ4v) is 5.02. The number of aliphatic hydroxyl groups excluding tert-OH is 3. The predicted octanol–water partition coefficient (Wildman–Crippen LogP) is 0.983. The van der Waals surface area contributed by atoms with Crippen molar-refractivity contribution in [3.8, 4) is 11.5 Å². The van der Waals surface area contributed by atoms with Crippen molar-refractivity contribution in [1.82, 2.24) is 10.2 Å². The van der Waals surface area contributed by atoms with E-state index in [-0.39, 0.29) is 51.0 Å². The Labute approximate surface area is 224 Å². The minimum Gasteiger partial charge on any atom is -0.493 e. The van der Waals surface area contributed by atoms with E-state index < -0.39 is 18.2 Å². The highest BCUT2D eigenvalue weighted by atomic mass is 127. The summed E-state index contributed by atoms with van der Waals surface area (Å²) in [6.07, 6.45) is 1.87. The van der Waals surface area contributed by atoms with Crippen molar-refractivity contribution in [2.45, 2.75) is 50.5 Å². The molecule has 3 rings (SSSR count). The second kappa shape index (κ2) is 13.6. The molecule has 11 heteroatoms. The predicted molar refractivity (Wildman–Crippen MR) is 140 cm³/mol. The number of nitrogens with zero attached hydrogens (tertiary/aromatic N) is 1. The second-order valence-corrected chi connectivity index (χ2v) is 10.2. The van der Waals surface area contributed by atoms with Gasteiger partial charge in [-0.3, -0.25) is 9.59 Å². The van der Waals surface area contributed by atoms with Gasteiger partial charge in [0.1, 0.15) is 12.2 Å². The van der Waals surface area contributed by atoms with Crippen LogP contribution >= 0.6 is 22.6 Å². The number of hydrogen-bond acceptors (Lipinski definition) is 8. The number of benzene rings is 1. The van der Waals surface area contributed by atoms with Gasteiger partial charge < -0.3 is 39.7 Å². The maximum absolute atomic E-state index is 13.1. The minimum atomic E-state index is -1.11. The Morgan fingerprint density at radius 2 is 1.97 bits per heavy atom. The molecule has 0 aliphatic heterocycles. The number of carbonyl (C=O) groups is 2. The summed E-state index contributed by atoms with van der Waals surface area (Å²) in [6, 6.07) is 2.72. The van der Waals surface area contributed by atoms with Crippen molar-refractivity contribution in [3.05, 3.63) is 32.9 Å². The third kappa shape index (κ3) is 7.31. The highest BCUT2D eigenvalue weighted by Crippen LogP contribution is 2.38. The standard InChI is InChI=1S/C25H35IN2O8/c1-34-8-5-22(31)28(13-15-3-4-15)19-11-17(25(33)27-6-7-29)12-20(23(19)32)36-24-18(26)9-16(14-30)10-21(24)35-2/h9-10,12,15,19-20,23,29-30,32H,3-8,11,13-14H2,1-2H3,(H,27,33)/t19-,20+,23+/m1/s1. The average Bonchev–Trinajstić information content (AvgIpc) is 3.70. The molecule has 2 aliphatic rings. The summed E-state index contributed by atoms with van der Waals surface area (Å²) in [6.45, 7) is 0.460. The number of methoxy groups -OCH3 is 2. The molecule has 2 amide bonds. The van der Waals surface area contributed by atoms with Crippen LogP contribution in [-0.4, -0.2) is 90.8 Å². The third-order valence-corrected chi connectivity index (χ3v) is 7.13. The van der Waals surface area contributed by atoms with Crippen LogP contribution in [0.3, 0.4) is 0 Å². The van der Waals surface area contributed by atoms with Gasteiger partial charge in [0.25, 0.3) is 0 Å². The number of amides is 2. The highest BCUT2D eigenvalue weighted by molar-refractivity contribution is 14.1. The summed E-state index contributed by atoms with van der Waals surface area (Å²) < 4.78 is 17.5. The molecule has 0 spiro atoms. The summed E-state index contributed by atoms with van der Waals surface area (Å²) >= 11 is 2.06. The van der Waals surface area contributed by atoms with Crippen molar-refractivity contribution in [1.29, 1.82) is 0 Å². The number of carbonyl (C=O) groups excluding carboxylic acids is 2. The monoisotopic (exact) mass is 618 g/mol. The maximum atomic E-state index is 13.1. The normalized spacial score (nSPS) is 21.5. The molecule has 1 aromatic rings. The van der Waals surface area contributed by atoms with Crippen LogP contribution < -0.4 is 14.8 Å². The van der Waals surface area contributed by atoms with Crippen LogP contribution in [-0.2, 0) is 20.9 Å². The van der Waals surface area contributed by atoms with Crippen molar-refractivity contribution in [2.75, 3.05) is 40.5 Å². The molecule has 1 aromatic carbocycles. The molecule has 0 aromatic heterocycles. The van der Waals surface area contributed by atoms with E-state index in [0.29, 0.717) is 38.7 Å². The van der Waals surface area contributed by atoms with Crippen LogP contribution in [0.25, 0.3) is 0 Å². The zero-order valence-electron chi connectivity index (χ0n) is 20.6. The van der Waals surface area contributed by atoms with E-state index >= 15 is 0 Å². The lowest BCUT2D eigenvalue weighted by Crippen LogP contribution is -2.55. The first-order chi connectivity index (χ1) is 17.3. The van der Waals surface area contributed by atoms with E-state index in [1.807, 2.05) is 0 Å². The maximum Gasteiger partial charge on any atom is 0.247 e. The lowest BCUT2D eigenvalue weighted by Gasteiger charge is -2.41. The van der Waals surface area contributed by atoms with E-state index in [9.17, 15) is 19.8 Å². The van der Waals surface area contributed by atoms with Gasteiger partial charge in [0.05, 0.1) is 43.0 Å². The first-order valence-corrected chi connectivity index (χ1v) is 13.1. The molecular weight excluding hydrogens is 583 g/mol. The van der Waals surface area contributed by atoms with Gasteiger partial charge in [-0.15, -0.1) is 0 Å². The van der Waals surface area contributed by atoms with Crippen molar-refractivity contribution >= 4 is 34.4 Å². The smallest absolute Gasteiger partial charge is 0.247 e. The highest BCUT2D eigenvalue weighted by Gasteiger charge is 2.42. The molecule has 0 unspecified atom stereocenters. The minimum absolute atomic E-state index is 0.0851. The largest absolute Gasteiger partial charge is 0.493 e. The lowest BCUT2D eigenvalue weighted by atomic mass is 9.87. The SMILES string of the molecule is COCCC(=O)N(CC1CC1)[C@@H]1CC(C(=O)NCCO)=C[C@H](Oc2c(I)cc(CO)cc2OC)[C@H]1O. The topological polar surface area (TPSA) is 138 Å². The van der Waals surface area contributed by atoms with Gasteiger partial charge >= 0.3 is 0 Å². The van der Waals surface area contributed by atoms with Crippen molar-refractivity contribution in [2.24, 2.45) is 5.92 Å². The van der Waals surface area contributed by atoms with Crippen LogP contribution in [0.5, 0.6) is 11.5 Å². The van der Waals surface area contributed by atoms with E-state index in [4.69, 9.17) is 19.3 Å². The Morgan fingerprint density at radius 3 is 2.58 bits per heavy atom. The Morgan fingerprint density at radius 1 is 1.22 bits per heavy atom. The number of hydrogen-bond donors (Lipinski definition) is 4. The van der Waals surface area contributed by atoms with Gasteiger partial charge in [0.15, 0.2) is 11.5 Å². The van der Waals surface area contributed by atoms with Crippen LogP contribution in [0.15, 0.2) is 23.8 Å². The van der Waals surface area contributed by atoms with Gasteiger partial charge in [-0.25, -0.2) is 0 Å². The molecular formula is C25H35IN2O8. The van der Waals surface area contributed by atoms with Gasteiger partial charge in [-0.05, 0) is 65.1 Å². The average molecular weight is 618 g/mol. The number of aliphatic hydroxyl groups is 3. The van der Waals surface area contributed by atoms with Crippen molar-refractivity contribution in [3.63, 3.8) is 0 Å². The van der Waals surface area contributed by atoms with E-state index in [1.54, 1.807) is 23.1 Å². The molecule has 0 radical (unpaired) electrons. The molecule has 1 fully saturated rings. The zero-order valence-corrected chi connectivity index (χ0v) is 22.8. The van der Waals surface area contributed by atoms with Crippen LogP contribution in [0, 0.1) is 9.49 Å². The van der Waals surface area contributed by atoms with Gasteiger partial charge in [0.2, 0.25) is 11.8 Å². The molecule has 1 saturated carbocycles. The number of nitrogens with one attached hydrogen (secondary N) is 1. The van der Waals surface area contributed by atoms with Gasteiger partial charge in [-0.1, -0.05) is 0 Å². The molecule has 10 nitrogen and oxygen atoms in total. The molecule has 36 heavy (non-hydrogen) atoms. The molecule has 200 valence electrons. The molecule has 4 N–H and O–H groups in total. The summed E-state index contributed by atoms with van der Waals surface area (Å²) in [7, 11) is 3.01. The van der Waals surface area contributed by atoms with E-state index in [1.165, 1.54) is 14.2 Å². The Kier molecular flexibility index (Phi) is 10.8. The Balaban J connectivity index is 1.95. The Hall–Kier alpha value is -1.93. The molecule has 0 saturated heterocycles. The first kappa shape index (κ1) is 28.6. The Bertz CT molecular complexity index is 952. The van der Waals surface area contributed by atoms with Crippen LogP contribution in [0.2, 0.25) is 0 Å². The van der Waals surface area contributed by atoms with Gasteiger partial charge in [0, 0.05) is 32.2 Å². The van der Waals surface area contributed by atoms with Crippen molar-refractivity contribution < 1.29 is 39.1 Å². The summed E-state index contributed by atoms with van der Waals surface area (Å²) in [5, 5.41) is 32.8. The molecule has 2 aliphatic carbocycles. The summed E-state index contributed by atoms with van der Waals surface area (Å²) in [4.78, 5) is 27.7. The molecule has 0 bridgehead atoms. The van der Waals surface area contributed by atoms with E-state index in [0.717, 1.165) is 12.8 Å². The second-order valence-electron chi connectivity index (χ2n) is 9.02. The fraction of sp³-hybridized carbons (Fsp3) is 0.600. The number of halogens is 1. The van der Waals surface area contributed by atoms with Crippen LogP contribution in [0.4, 0.5) is 0 Å². The zero-order chi connectivity index (χ0) is 26.2. The fourth-order valence-electron chi connectivity index (χ4n) is 4.23. The lowest BCUT2D eigenvalue weighted by molar-refractivity contribution is -0.139. The first-order valence-electron chi connectivity index (χ1n) is 12.0. The molecule has 0 heterocycles. The summed E-state index contributed by atoms with van der Waals surface area (Å²) in [5.41, 5.74) is 1.01. The van der Waals surface area contributed by atoms with Gasteiger partial charge in [-0.2, -0.15) is 0 Å². The quantitative estimate of drug-likeness (QED) is 0.240. The number of ether oxygens (including phenoxy) is 3. The van der Waals surface area contributed by atoms with Crippen LogP contribution in [0.1, 0.15) is 31.2 Å². The van der Waals surface area contributed by atoms with E-state index in [2.05, 4.69) is 27.9 Å². The third-order valence-electron chi connectivity index (χ3n) is 6.33. The number of rotatable bonds is 13. The summed E-state index contributed by atoms with van der Waals surface area (Å²) in [5.74, 6) is 0.579.